The highest BCUT2D eigenvalue weighted by Gasteiger charge is 2.34. The number of likely N-dealkylation sites (tertiary alicyclic amines) is 1. The fourth-order valence-electron chi connectivity index (χ4n) is 5.62. The summed E-state index contributed by atoms with van der Waals surface area (Å²) in [4.78, 5) is 15.4. The number of ether oxygens (including phenoxy) is 1. The lowest BCUT2D eigenvalue weighted by Gasteiger charge is -2.30. The third-order valence-electron chi connectivity index (χ3n) is 7.57. The second-order valence-electron chi connectivity index (χ2n) is 10.8. The van der Waals surface area contributed by atoms with Gasteiger partial charge in [0.1, 0.15) is 22.8 Å². The Kier molecular flexibility index (Phi) is 6.76. The molecule has 4 aromatic rings. The standard InChI is InChI=1S/C29H36N8OS/c1-16(2)39-24-9-7-6-8-21(24)31-27-25-26(30)34-35-28(25)33-29(32-27)37-18(4)38-23-15-20(17(3)14-22(23)37)19-10-12-36(5)13-11-19/h6-9,14-16,18-19H,10-13H2,1-5H3,(H4,30,31,32,33,34,35). The zero-order valence-electron chi connectivity index (χ0n) is 23.2. The topological polar surface area (TPSA) is 108 Å². The molecular formula is C29H36N8OS. The van der Waals surface area contributed by atoms with E-state index in [4.69, 9.17) is 20.4 Å². The number of piperidine rings is 1. The van der Waals surface area contributed by atoms with Crippen molar-refractivity contribution in [1.82, 2.24) is 25.1 Å². The van der Waals surface area contributed by atoms with Gasteiger partial charge in [-0.2, -0.15) is 15.1 Å². The second kappa shape index (κ2) is 10.2. The van der Waals surface area contributed by atoms with Crippen LogP contribution in [0, 0.1) is 6.92 Å². The van der Waals surface area contributed by atoms with E-state index in [1.807, 2.05) is 24.0 Å². The van der Waals surface area contributed by atoms with Crippen molar-refractivity contribution < 1.29 is 4.74 Å². The number of benzene rings is 2. The molecule has 2 aromatic carbocycles. The van der Waals surface area contributed by atoms with Gasteiger partial charge < -0.3 is 20.7 Å². The molecule has 1 atom stereocenters. The van der Waals surface area contributed by atoms with Crippen LogP contribution >= 0.6 is 11.8 Å². The molecule has 204 valence electrons. The zero-order chi connectivity index (χ0) is 27.3. The summed E-state index contributed by atoms with van der Waals surface area (Å²) in [5.41, 5.74) is 11.4. The number of hydrogen-bond acceptors (Lipinski definition) is 9. The lowest BCUT2D eigenvalue weighted by atomic mass is 9.86. The van der Waals surface area contributed by atoms with Crippen LogP contribution < -0.4 is 20.7 Å². The van der Waals surface area contributed by atoms with Gasteiger partial charge in [0.25, 0.3) is 0 Å². The number of H-pyrrole nitrogens is 1. The van der Waals surface area contributed by atoms with Crippen LogP contribution in [0.2, 0.25) is 0 Å². The fourth-order valence-corrected chi connectivity index (χ4v) is 6.53. The average molecular weight is 545 g/mol. The van der Waals surface area contributed by atoms with E-state index in [0.717, 1.165) is 35.1 Å². The van der Waals surface area contributed by atoms with Crippen molar-refractivity contribution in [2.75, 3.05) is 36.1 Å². The molecule has 1 saturated heterocycles. The summed E-state index contributed by atoms with van der Waals surface area (Å²) in [5, 5.41) is 11.9. The van der Waals surface area contributed by atoms with Crippen molar-refractivity contribution in [3.63, 3.8) is 0 Å². The van der Waals surface area contributed by atoms with E-state index in [-0.39, 0.29) is 6.23 Å². The minimum Gasteiger partial charge on any atom is -0.468 e. The van der Waals surface area contributed by atoms with Crippen LogP contribution in [-0.2, 0) is 0 Å². The zero-order valence-corrected chi connectivity index (χ0v) is 24.0. The molecule has 0 spiro atoms. The van der Waals surface area contributed by atoms with Gasteiger partial charge in [0.15, 0.2) is 11.9 Å². The van der Waals surface area contributed by atoms with Gasteiger partial charge >= 0.3 is 0 Å². The Labute approximate surface area is 233 Å². The maximum atomic E-state index is 6.38. The molecule has 0 bridgehead atoms. The maximum Gasteiger partial charge on any atom is 0.237 e. The minimum absolute atomic E-state index is 0.266. The predicted molar refractivity (Wildman–Crippen MR) is 160 cm³/mol. The maximum absolute atomic E-state index is 6.38. The smallest absolute Gasteiger partial charge is 0.237 e. The summed E-state index contributed by atoms with van der Waals surface area (Å²) in [5.74, 6) is 2.98. The van der Waals surface area contributed by atoms with Crippen LogP contribution in [0.25, 0.3) is 11.0 Å². The van der Waals surface area contributed by atoms with E-state index in [0.29, 0.717) is 39.8 Å². The highest BCUT2D eigenvalue weighted by molar-refractivity contribution is 8.00. The normalized spacial score (nSPS) is 18.1. The molecule has 2 aromatic heterocycles. The summed E-state index contributed by atoms with van der Waals surface area (Å²) >= 11 is 1.80. The van der Waals surface area contributed by atoms with E-state index in [1.54, 1.807) is 11.8 Å². The lowest BCUT2D eigenvalue weighted by Crippen LogP contribution is -2.29. The van der Waals surface area contributed by atoms with E-state index in [9.17, 15) is 0 Å². The molecule has 1 fully saturated rings. The first-order valence-corrected chi connectivity index (χ1v) is 14.5. The molecule has 0 radical (unpaired) electrons. The van der Waals surface area contributed by atoms with Gasteiger partial charge in [0.05, 0.1) is 11.4 Å². The van der Waals surface area contributed by atoms with Crippen molar-refractivity contribution in [3.8, 4) is 5.75 Å². The van der Waals surface area contributed by atoms with E-state index >= 15 is 0 Å². The largest absolute Gasteiger partial charge is 0.468 e. The van der Waals surface area contributed by atoms with Gasteiger partial charge in [-0.05, 0) is 88.1 Å². The third kappa shape index (κ3) is 4.87. The Morgan fingerprint density at radius 3 is 2.69 bits per heavy atom. The Bertz CT molecular complexity index is 1510. The van der Waals surface area contributed by atoms with Crippen molar-refractivity contribution in [2.45, 2.75) is 62.8 Å². The van der Waals surface area contributed by atoms with E-state index in [2.05, 4.69) is 72.5 Å². The van der Waals surface area contributed by atoms with Gasteiger partial charge in [0, 0.05) is 10.1 Å². The molecule has 4 heterocycles. The number of rotatable bonds is 6. The first-order valence-electron chi connectivity index (χ1n) is 13.6. The molecule has 0 aliphatic carbocycles. The molecular weight excluding hydrogens is 508 g/mol. The van der Waals surface area contributed by atoms with Crippen LogP contribution in [0.3, 0.4) is 0 Å². The minimum atomic E-state index is -0.266. The summed E-state index contributed by atoms with van der Waals surface area (Å²) in [6, 6.07) is 12.7. The fraction of sp³-hybridized carbons (Fsp3) is 0.414. The molecule has 6 rings (SSSR count). The molecule has 0 saturated carbocycles. The number of nitrogens with two attached hydrogens (primary N) is 1. The number of aryl methyl sites for hydroxylation is 1. The number of thioether (sulfide) groups is 1. The highest BCUT2D eigenvalue weighted by atomic mass is 32.2. The monoisotopic (exact) mass is 544 g/mol. The van der Waals surface area contributed by atoms with Gasteiger partial charge in [-0.25, -0.2) is 0 Å². The average Bonchev–Trinajstić information content (AvgIpc) is 3.43. The Morgan fingerprint density at radius 1 is 1.15 bits per heavy atom. The third-order valence-corrected chi connectivity index (χ3v) is 8.66. The molecule has 2 aliphatic heterocycles. The molecule has 39 heavy (non-hydrogen) atoms. The first kappa shape index (κ1) is 25.8. The van der Waals surface area contributed by atoms with Gasteiger partial charge in [-0.3, -0.25) is 10.00 Å². The number of anilines is 5. The molecule has 2 aliphatic rings. The molecule has 1 unspecified atom stereocenters. The molecule has 0 amide bonds. The summed E-state index contributed by atoms with van der Waals surface area (Å²) in [7, 11) is 2.20. The number of nitrogens with one attached hydrogen (secondary N) is 2. The Hall–Kier alpha value is -3.50. The molecule has 9 nitrogen and oxygen atoms in total. The number of nitrogen functional groups attached to an aromatic ring is 1. The van der Waals surface area contributed by atoms with Crippen LogP contribution in [0.1, 0.15) is 50.7 Å². The van der Waals surface area contributed by atoms with Crippen molar-refractivity contribution in [2.24, 2.45) is 0 Å². The number of nitrogens with zero attached hydrogens (tertiary/aromatic N) is 5. The number of hydrogen-bond donors (Lipinski definition) is 3. The quantitative estimate of drug-likeness (QED) is 0.245. The highest BCUT2D eigenvalue weighted by Crippen LogP contribution is 2.46. The van der Waals surface area contributed by atoms with Gasteiger partial charge in [-0.15, -0.1) is 11.8 Å². The van der Waals surface area contributed by atoms with Crippen molar-refractivity contribution in [1.29, 1.82) is 0 Å². The molecule has 10 heteroatoms. The van der Waals surface area contributed by atoms with Gasteiger partial charge in [0.2, 0.25) is 5.95 Å². The summed E-state index contributed by atoms with van der Waals surface area (Å²) in [6.45, 7) is 10.8. The van der Waals surface area contributed by atoms with E-state index in [1.165, 1.54) is 24.0 Å². The van der Waals surface area contributed by atoms with Crippen LogP contribution in [0.5, 0.6) is 5.75 Å². The first-order chi connectivity index (χ1) is 18.8. The number of aromatic nitrogens is 4. The SMILES string of the molecule is Cc1cc2c(cc1C1CCN(C)CC1)OC(C)N2c1nc(Nc2ccccc2SC(C)C)c2c(N)[nH]nc2n1. The van der Waals surface area contributed by atoms with Crippen LogP contribution in [-0.4, -0.2) is 56.7 Å². The van der Waals surface area contributed by atoms with E-state index < -0.39 is 0 Å². The summed E-state index contributed by atoms with van der Waals surface area (Å²) in [6.07, 6.45) is 2.07. The molecule has 4 N–H and O–H groups in total. The predicted octanol–water partition coefficient (Wildman–Crippen LogP) is 6.17. The second-order valence-corrected chi connectivity index (χ2v) is 12.5. The number of fused-ring (bicyclic) bond motifs is 2. The number of para-hydroxylation sites is 1. The summed E-state index contributed by atoms with van der Waals surface area (Å²) < 4.78 is 6.38. The van der Waals surface area contributed by atoms with Crippen molar-refractivity contribution >= 4 is 51.8 Å². The van der Waals surface area contributed by atoms with Crippen LogP contribution in [0.4, 0.5) is 29.0 Å². The Morgan fingerprint density at radius 2 is 1.92 bits per heavy atom. The van der Waals surface area contributed by atoms with Gasteiger partial charge in [-0.1, -0.05) is 26.0 Å². The Balaban J connectivity index is 1.39. The van der Waals surface area contributed by atoms with Crippen molar-refractivity contribution in [3.05, 3.63) is 47.5 Å². The lowest BCUT2D eigenvalue weighted by molar-refractivity contribution is 0.249. The van der Waals surface area contributed by atoms with Crippen LogP contribution in [0.15, 0.2) is 41.3 Å². The number of aromatic amines is 1.